The molecule has 0 amide bonds. The Kier molecular flexibility index (Phi) is 4.33. The Morgan fingerprint density at radius 2 is 1.22 bits per heavy atom. The zero-order valence-electron chi connectivity index (χ0n) is 12.3. The highest BCUT2D eigenvalue weighted by molar-refractivity contribution is 6.31. The Morgan fingerprint density at radius 1 is 0.739 bits per heavy atom. The highest BCUT2D eigenvalue weighted by Gasteiger charge is 2.37. The van der Waals surface area contributed by atoms with E-state index in [0.717, 1.165) is 16.7 Å². The van der Waals surface area contributed by atoms with Gasteiger partial charge in [0.1, 0.15) is 5.54 Å². The van der Waals surface area contributed by atoms with Gasteiger partial charge in [-0.25, -0.2) is 0 Å². The van der Waals surface area contributed by atoms with Gasteiger partial charge in [-0.1, -0.05) is 95.6 Å². The second-order valence-electron chi connectivity index (χ2n) is 5.11. The average Bonchev–Trinajstić information content (AvgIpc) is 2.62. The Bertz CT molecular complexity index is 801. The molecule has 0 aliphatic heterocycles. The maximum absolute atomic E-state index is 9.29. The number of hydrogen-bond donors (Lipinski definition) is 0. The van der Waals surface area contributed by atoms with Crippen LogP contribution in [0.5, 0.6) is 0 Å². The standard InChI is InChI=1S/C19H14ClN3/c20-18-14-8-7-13-17(18)19(22-23-21,15-9-3-1-4-10-15)16-11-5-2-6-12-16/h1-14H. The van der Waals surface area contributed by atoms with Gasteiger partial charge in [-0.2, -0.15) is 0 Å². The fourth-order valence-corrected chi connectivity index (χ4v) is 3.10. The second kappa shape index (κ2) is 6.57. The molecule has 0 fully saturated rings. The van der Waals surface area contributed by atoms with Crippen molar-refractivity contribution in [1.29, 1.82) is 0 Å². The quantitative estimate of drug-likeness (QED) is 0.247. The van der Waals surface area contributed by atoms with Gasteiger partial charge in [0.15, 0.2) is 0 Å². The summed E-state index contributed by atoms with van der Waals surface area (Å²) in [6, 6.07) is 26.8. The van der Waals surface area contributed by atoms with Crippen LogP contribution < -0.4 is 0 Å². The van der Waals surface area contributed by atoms with Crippen molar-refractivity contribution in [3.63, 3.8) is 0 Å². The van der Waals surface area contributed by atoms with Gasteiger partial charge in [-0.3, -0.25) is 0 Å². The molecule has 0 aliphatic rings. The van der Waals surface area contributed by atoms with Crippen LogP contribution in [0.15, 0.2) is 90.0 Å². The average molecular weight is 320 g/mol. The maximum atomic E-state index is 9.29. The predicted molar refractivity (Wildman–Crippen MR) is 93.4 cm³/mol. The van der Waals surface area contributed by atoms with E-state index in [2.05, 4.69) is 10.0 Å². The van der Waals surface area contributed by atoms with Gasteiger partial charge in [-0.05, 0) is 28.3 Å². The monoisotopic (exact) mass is 319 g/mol. The van der Waals surface area contributed by atoms with Gasteiger partial charge in [-0.15, -0.1) is 0 Å². The number of azide groups is 1. The summed E-state index contributed by atoms with van der Waals surface area (Å²) in [6.07, 6.45) is 0. The van der Waals surface area contributed by atoms with Crippen LogP contribution in [0, 0.1) is 0 Å². The van der Waals surface area contributed by atoms with Crippen molar-refractivity contribution < 1.29 is 0 Å². The third-order valence-corrected chi connectivity index (χ3v) is 4.17. The zero-order chi connectivity index (χ0) is 16.1. The van der Waals surface area contributed by atoms with E-state index in [1.807, 2.05) is 84.9 Å². The van der Waals surface area contributed by atoms with E-state index in [1.54, 1.807) is 0 Å². The first-order valence-corrected chi connectivity index (χ1v) is 7.59. The van der Waals surface area contributed by atoms with E-state index < -0.39 is 5.54 Å². The van der Waals surface area contributed by atoms with Gasteiger partial charge in [0, 0.05) is 9.93 Å². The number of benzene rings is 3. The Hall–Kier alpha value is -2.74. The normalized spacial score (nSPS) is 10.8. The first-order valence-electron chi connectivity index (χ1n) is 7.21. The summed E-state index contributed by atoms with van der Waals surface area (Å²) in [4.78, 5) is 3.14. The highest BCUT2D eigenvalue weighted by atomic mass is 35.5. The second-order valence-corrected chi connectivity index (χ2v) is 5.52. The van der Waals surface area contributed by atoms with Crippen molar-refractivity contribution in [2.45, 2.75) is 5.54 Å². The molecule has 3 aromatic rings. The number of hydrogen-bond acceptors (Lipinski definition) is 1. The lowest BCUT2D eigenvalue weighted by atomic mass is 9.78. The third-order valence-electron chi connectivity index (χ3n) is 3.84. The van der Waals surface area contributed by atoms with Crippen molar-refractivity contribution in [1.82, 2.24) is 0 Å². The van der Waals surface area contributed by atoms with E-state index in [1.165, 1.54) is 0 Å². The molecular formula is C19H14ClN3. The first kappa shape index (κ1) is 15.2. The van der Waals surface area contributed by atoms with Crippen molar-refractivity contribution in [2.24, 2.45) is 5.11 Å². The molecule has 3 nitrogen and oxygen atoms in total. The highest BCUT2D eigenvalue weighted by Crippen LogP contribution is 2.43. The van der Waals surface area contributed by atoms with Crippen LogP contribution in [-0.4, -0.2) is 0 Å². The molecule has 3 rings (SSSR count). The smallest absolute Gasteiger partial charge is 0.0840 e. The summed E-state index contributed by atoms with van der Waals surface area (Å²) in [5.41, 5.74) is 10.8. The Balaban J connectivity index is 2.41. The molecule has 0 N–H and O–H groups in total. The van der Waals surface area contributed by atoms with Crippen LogP contribution in [0.4, 0.5) is 0 Å². The Morgan fingerprint density at radius 3 is 1.70 bits per heavy atom. The third kappa shape index (κ3) is 2.68. The molecular weight excluding hydrogens is 306 g/mol. The van der Waals surface area contributed by atoms with Crippen molar-refractivity contribution in [3.05, 3.63) is 117 Å². The van der Waals surface area contributed by atoms with Gasteiger partial charge in [0.25, 0.3) is 0 Å². The minimum atomic E-state index is -1.00. The largest absolute Gasteiger partial charge is 0.125 e. The molecule has 0 aromatic heterocycles. The molecule has 3 aromatic carbocycles. The molecule has 0 unspecified atom stereocenters. The maximum Gasteiger partial charge on any atom is 0.125 e. The minimum absolute atomic E-state index is 0.563. The van der Waals surface area contributed by atoms with E-state index in [9.17, 15) is 5.53 Å². The summed E-state index contributed by atoms with van der Waals surface area (Å²) in [7, 11) is 0. The van der Waals surface area contributed by atoms with Crippen molar-refractivity contribution in [2.75, 3.05) is 0 Å². The molecule has 0 saturated carbocycles. The van der Waals surface area contributed by atoms with Gasteiger partial charge >= 0.3 is 0 Å². The van der Waals surface area contributed by atoms with Crippen molar-refractivity contribution >= 4 is 11.6 Å². The lowest BCUT2D eigenvalue weighted by Gasteiger charge is -2.31. The molecule has 0 saturated heterocycles. The fourth-order valence-electron chi connectivity index (χ4n) is 2.83. The first-order chi connectivity index (χ1) is 11.3. The summed E-state index contributed by atoms with van der Waals surface area (Å²) in [5.74, 6) is 0. The molecule has 0 radical (unpaired) electrons. The van der Waals surface area contributed by atoms with Crippen molar-refractivity contribution in [3.8, 4) is 0 Å². The molecule has 0 bridgehead atoms. The molecule has 4 heteroatoms. The number of nitrogens with zero attached hydrogens (tertiary/aromatic N) is 3. The van der Waals surface area contributed by atoms with E-state index in [0.29, 0.717) is 5.02 Å². The molecule has 0 aliphatic carbocycles. The summed E-state index contributed by atoms with van der Waals surface area (Å²) >= 11 is 6.46. The summed E-state index contributed by atoms with van der Waals surface area (Å²) < 4.78 is 0. The van der Waals surface area contributed by atoms with Crippen LogP contribution in [-0.2, 0) is 5.54 Å². The van der Waals surface area contributed by atoms with Crippen LogP contribution in [0.25, 0.3) is 10.4 Å². The SMILES string of the molecule is [N-]=[N+]=NC(c1ccccc1)(c1ccccc1)c1ccccc1Cl. The van der Waals surface area contributed by atoms with Gasteiger partial charge in [0.2, 0.25) is 0 Å². The number of rotatable bonds is 4. The van der Waals surface area contributed by atoms with E-state index in [4.69, 9.17) is 11.6 Å². The van der Waals surface area contributed by atoms with Crippen LogP contribution in [0.2, 0.25) is 5.02 Å². The van der Waals surface area contributed by atoms with Gasteiger partial charge in [0.05, 0.1) is 0 Å². The van der Waals surface area contributed by atoms with E-state index >= 15 is 0 Å². The molecule has 0 spiro atoms. The molecule has 0 heterocycles. The number of halogens is 1. The molecule has 112 valence electrons. The summed E-state index contributed by atoms with van der Waals surface area (Å²) in [5, 5.41) is 4.79. The Labute approximate surface area is 139 Å². The van der Waals surface area contributed by atoms with E-state index in [-0.39, 0.29) is 0 Å². The van der Waals surface area contributed by atoms with Crippen LogP contribution in [0.3, 0.4) is 0 Å². The predicted octanol–water partition coefficient (Wildman–Crippen LogP) is 5.94. The topological polar surface area (TPSA) is 48.8 Å². The zero-order valence-corrected chi connectivity index (χ0v) is 13.1. The van der Waals surface area contributed by atoms with Crippen LogP contribution >= 0.6 is 11.6 Å². The van der Waals surface area contributed by atoms with Crippen LogP contribution in [0.1, 0.15) is 16.7 Å². The fraction of sp³-hybridized carbons (Fsp3) is 0.0526. The molecule has 23 heavy (non-hydrogen) atoms. The lowest BCUT2D eigenvalue weighted by molar-refractivity contribution is 0.647. The van der Waals surface area contributed by atoms with Gasteiger partial charge < -0.3 is 0 Å². The minimum Gasteiger partial charge on any atom is -0.0840 e. The lowest BCUT2D eigenvalue weighted by Crippen LogP contribution is -2.26. The summed E-state index contributed by atoms with van der Waals surface area (Å²) in [6.45, 7) is 0. The molecule has 0 atom stereocenters.